The lowest BCUT2D eigenvalue weighted by Gasteiger charge is -2.16. The van der Waals surface area contributed by atoms with Gasteiger partial charge >= 0.3 is 0 Å². The van der Waals surface area contributed by atoms with Crippen LogP contribution >= 0.6 is 11.6 Å². The highest BCUT2D eigenvalue weighted by molar-refractivity contribution is 6.28. The highest BCUT2D eigenvalue weighted by Gasteiger charge is 2.28. The molecule has 2 unspecified atom stereocenters. The van der Waals surface area contributed by atoms with Gasteiger partial charge in [0.2, 0.25) is 17.2 Å². The monoisotopic (exact) mass is 269 g/mol. The quantitative estimate of drug-likeness (QED) is 0.910. The third kappa shape index (κ3) is 3.02. The summed E-state index contributed by atoms with van der Waals surface area (Å²) in [6.45, 7) is 9.41. The molecule has 1 aliphatic heterocycles. The number of hydrogen-bond donors (Lipinski definition) is 1. The summed E-state index contributed by atoms with van der Waals surface area (Å²) in [7, 11) is 0. The molecule has 2 rings (SSSR count). The Morgan fingerprint density at radius 1 is 1.22 bits per heavy atom. The van der Waals surface area contributed by atoms with Gasteiger partial charge in [-0.2, -0.15) is 15.0 Å². The molecule has 1 aliphatic rings. The second-order valence-corrected chi connectivity index (χ2v) is 5.35. The van der Waals surface area contributed by atoms with Gasteiger partial charge in [-0.3, -0.25) is 0 Å². The van der Waals surface area contributed by atoms with Gasteiger partial charge < -0.3 is 10.2 Å². The van der Waals surface area contributed by atoms with Crippen LogP contribution in [0.2, 0.25) is 5.28 Å². The molecule has 1 fully saturated rings. The molecule has 0 aromatic carbocycles. The van der Waals surface area contributed by atoms with Crippen LogP contribution in [0.4, 0.5) is 11.9 Å². The topological polar surface area (TPSA) is 53.9 Å². The van der Waals surface area contributed by atoms with Gasteiger partial charge in [0.05, 0.1) is 0 Å². The first-order valence-electron chi connectivity index (χ1n) is 6.50. The van der Waals surface area contributed by atoms with Crippen LogP contribution in [-0.4, -0.2) is 34.6 Å². The van der Waals surface area contributed by atoms with E-state index in [1.165, 1.54) is 0 Å². The summed E-state index contributed by atoms with van der Waals surface area (Å²) in [6, 6.07) is 0. The van der Waals surface area contributed by atoms with Crippen molar-refractivity contribution in [1.82, 2.24) is 15.0 Å². The Balaban J connectivity index is 2.15. The number of nitrogens with zero attached hydrogens (tertiary/aromatic N) is 4. The molecule has 0 spiro atoms. The molecule has 0 amide bonds. The molecule has 2 atom stereocenters. The van der Waals surface area contributed by atoms with Crippen molar-refractivity contribution in [2.24, 2.45) is 11.8 Å². The van der Waals surface area contributed by atoms with E-state index >= 15 is 0 Å². The standard InChI is InChI=1S/C12H20ClN5/c1-4-5-14-11-15-10(13)16-12(17-11)18-6-8(2)9(3)7-18/h8-9H,4-7H2,1-3H3,(H,14,15,16,17). The number of halogens is 1. The van der Waals surface area contributed by atoms with Gasteiger partial charge in [0.1, 0.15) is 0 Å². The Labute approximate surface area is 113 Å². The summed E-state index contributed by atoms with van der Waals surface area (Å²) in [5, 5.41) is 3.40. The van der Waals surface area contributed by atoms with Crippen molar-refractivity contribution in [3.63, 3.8) is 0 Å². The van der Waals surface area contributed by atoms with Crippen molar-refractivity contribution in [2.75, 3.05) is 29.9 Å². The van der Waals surface area contributed by atoms with Crippen LogP contribution < -0.4 is 10.2 Å². The molecule has 1 aromatic rings. The van der Waals surface area contributed by atoms with Gasteiger partial charge in [0, 0.05) is 19.6 Å². The van der Waals surface area contributed by atoms with Gasteiger partial charge in [0.25, 0.3) is 0 Å². The SMILES string of the molecule is CCCNc1nc(Cl)nc(N2CC(C)C(C)C2)n1. The number of aromatic nitrogens is 3. The molecule has 0 saturated carbocycles. The zero-order valence-electron chi connectivity index (χ0n) is 11.1. The molecule has 18 heavy (non-hydrogen) atoms. The summed E-state index contributed by atoms with van der Waals surface area (Å²) in [4.78, 5) is 14.9. The van der Waals surface area contributed by atoms with Crippen LogP contribution in [0.1, 0.15) is 27.2 Å². The van der Waals surface area contributed by atoms with E-state index in [-0.39, 0.29) is 5.28 Å². The van der Waals surface area contributed by atoms with Gasteiger partial charge in [-0.15, -0.1) is 0 Å². The zero-order chi connectivity index (χ0) is 13.1. The molecular formula is C12H20ClN5. The lowest BCUT2D eigenvalue weighted by Crippen LogP contribution is -2.23. The normalized spacial score (nSPS) is 23.4. The Morgan fingerprint density at radius 3 is 2.50 bits per heavy atom. The van der Waals surface area contributed by atoms with E-state index in [0.29, 0.717) is 23.7 Å². The molecule has 6 heteroatoms. The maximum atomic E-state index is 5.95. The summed E-state index contributed by atoms with van der Waals surface area (Å²) in [5.74, 6) is 2.57. The van der Waals surface area contributed by atoms with Crippen molar-refractivity contribution < 1.29 is 0 Å². The van der Waals surface area contributed by atoms with Crippen LogP contribution in [0, 0.1) is 11.8 Å². The molecule has 2 heterocycles. The molecule has 0 bridgehead atoms. The average Bonchev–Trinajstić information content (AvgIpc) is 2.66. The molecule has 1 N–H and O–H groups in total. The van der Waals surface area contributed by atoms with E-state index in [1.807, 2.05) is 0 Å². The molecule has 0 radical (unpaired) electrons. The fourth-order valence-electron chi connectivity index (χ4n) is 2.09. The molecule has 0 aliphatic carbocycles. The first kappa shape index (κ1) is 13.3. The highest BCUT2D eigenvalue weighted by atomic mass is 35.5. The first-order valence-corrected chi connectivity index (χ1v) is 6.88. The van der Waals surface area contributed by atoms with Gasteiger partial charge in [-0.05, 0) is 29.9 Å². The summed E-state index contributed by atoms with van der Waals surface area (Å²) >= 11 is 5.95. The fraction of sp³-hybridized carbons (Fsp3) is 0.750. The van der Waals surface area contributed by atoms with E-state index in [0.717, 1.165) is 26.1 Å². The van der Waals surface area contributed by atoms with Crippen molar-refractivity contribution in [2.45, 2.75) is 27.2 Å². The zero-order valence-corrected chi connectivity index (χ0v) is 11.9. The van der Waals surface area contributed by atoms with Crippen molar-refractivity contribution >= 4 is 23.5 Å². The number of rotatable bonds is 4. The van der Waals surface area contributed by atoms with E-state index in [2.05, 4.69) is 45.9 Å². The third-order valence-electron chi connectivity index (χ3n) is 3.40. The minimum absolute atomic E-state index is 0.255. The average molecular weight is 270 g/mol. The molecule has 100 valence electrons. The first-order chi connectivity index (χ1) is 8.60. The molecule has 1 aromatic heterocycles. The Bertz CT molecular complexity index is 401. The lowest BCUT2D eigenvalue weighted by atomic mass is 10.0. The lowest BCUT2D eigenvalue weighted by molar-refractivity contribution is 0.494. The molecule has 1 saturated heterocycles. The van der Waals surface area contributed by atoms with Crippen LogP contribution in [0.25, 0.3) is 0 Å². The van der Waals surface area contributed by atoms with Crippen molar-refractivity contribution in [3.05, 3.63) is 5.28 Å². The second-order valence-electron chi connectivity index (χ2n) is 5.01. The number of nitrogens with one attached hydrogen (secondary N) is 1. The van der Waals surface area contributed by atoms with E-state index in [4.69, 9.17) is 11.6 Å². The minimum atomic E-state index is 0.255. The van der Waals surface area contributed by atoms with Crippen molar-refractivity contribution in [1.29, 1.82) is 0 Å². The van der Waals surface area contributed by atoms with Crippen molar-refractivity contribution in [3.8, 4) is 0 Å². The van der Waals surface area contributed by atoms with E-state index in [9.17, 15) is 0 Å². The third-order valence-corrected chi connectivity index (χ3v) is 3.57. The second kappa shape index (κ2) is 5.69. The predicted octanol–water partition coefficient (Wildman–Crippen LogP) is 2.44. The Kier molecular flexibility index (Phi) is 4.22. The largest absolute Gasteiger partial charge is 0.354 e. The van der Waals surface area contributed by atoms with Gasteiger partial charge in [0.15, 0.2) is 0 Å². The van der Waals surface area contributed by atoms with Crippen LogP contribution in [0.5, 0.6) is 0 Å². The van der Waals surface area contributed by atoms with Crippen LogP contribution in [0.15, 0.2) is 0 Å². The molecule has 5 nitrogen and oxygen atoms in total. The van der Waals surface area contributed by atoms with Crippen LogP contribution in [-0.2, 0) is 0 Å². The maximum Gasteiger partial charge on any atom is 0.231 e. The van der Waals surface area contributed by atoms with E-state index in [1.54, 1.807) is 0 Å². The van der Waals surface area contributed by atoms with Gasteiger partial charge in [-0.25, -0.2) is 0 Å². The van der Waals surface area contributed by atoms with Crippen LogP contribution in [0.3, 0.4) is 0 Å². The minimum Gasteiger partial charge on any atom is -0.354 e. The maximum absolute atomic E-state index is 5.95. The van der Waals surface area contributed by atoms with E-state index < -0.39 is 0 Å². The van der Waals surface area contributed by atoms with Gasteiger partial charge in [-0.1, -0.05) is 20.8 Å². The molecular weight excluding hydrogens is 250 g/mol. The summed E-state index contributed by atoms with van der Waals surface area (Å²) < 4.78 is 0. The Hall–Kier alpha value is -1.10. The number of anilines is 2. The smallest absolute Gasteiger partial charge is 0.231 e. The summed E-state index contributed by atoms with van der Waals surface area (Å²) in [5.41, 5.74) is 0. The number of hydrogen-bond acceptors (Lipinski definition) is 5. The predicted molar refractivity (Wildman–Crippen MR) is 74.2 cm³/mol. The highest BCUT2D eigenvalue weighted by Crippen LogP contribution is 2.26. The Morgan fingerprint density at radius 2 is 1.89 bits per heavy atom. The summed E-state index contributed by atoms with van der Waals surface area (Å²) in [6.07, 6.45) is 1.02. The fourth-order valence-corrected chi connectivity index (χ4v) is 2.25.